The minimum Gasteiger partial charge on any atom is -0.392 e. The van der Waals surface area contributed by atoms with Gasteiger partial charge in [-0.1, -0.05) is 18.6 Å². The minimum absolute atomic E-state index is 0.0792. The summed E-state index contributed by atoms with van der Waals surface area (Å²) >= 11 is 0. The van der Waals surface area contributed by atoms with Gasteiger partial charge in [-0.25, -0.2) is 0 Å². The molecular weight excluding hydrogens is 497 g/mol. The molecular formula is C27H29F3N6O2. The first-order valence-corrected chi connectivity index (χ1v) is 12.9. The maximum Gasteiger partial charge on any atom is 0.418 e. The number of benzene rings is 1. The monoisotopic (exact) mass is 526 g/mol. The Hall–Kier alpha value is -3.44. The summed E-state index contributed by atoms with van der Waals surface area (Å²) in [7, 11) is 1.88. The normalized spacial score (nSPS) is 20.1. The largest absolute Gasteiger partial charge is 0.418 e. The first-order chi connectivity index (χ1) is 18.2. The second kappa shape index (κ2) is 9.09. The summed E-state index contributed by atoms with van der Waals surface area (Å²) in [5.74, 6) is 0.802. The lowest BCUT2D eigenvalue weighted by molar-refractivity contribution is -0.136. The van der Waals surface area contributed by atoms with Crippen molar-refractivity contribution < 1.29 is 18.3 Å². The first-order valence-electron chi connectivity index (χ1n) is 12.9. The fourth-order valence-electron chi connectivity index (χ4n) is 6.03. The predicted octanol–water partition coefficient (Wildman–Crippen LogP) is 3.89. The smallest absolute Gasteiger partial charge is 0.392 e. The third-order valence-electron chi connectivity index (χ3n) is 8.06. The van der Waals surface area contributed by atoms with Gasteiger partial charge in [-0.05, 0) is 56.0 Å². The van der Waals surface area contributed by atoms with E-state index in [1.165, 1.54) is 6.07 Å². The van der Waals surface area contributed by atoms with Gasteiger partial charge in [0.05, 0.1) is 17.1 Å². The van der Waals surface area contributed by atoms with E-state index in [0.717, 1.165) is 54.4 Å². The lowest BCUT2D eigenvalue weighted by Crippen LogP contribution is -2.38. The fraction of sp³-hybridized carbons (Fsp3) is 0.444. The Morgan fingerprint density at radius 2 is 2.03 bits per heavy atom. The van der Waals surface area contributed by atoms with E-state index in [0.29, 0.717) is 30.9 Å². The number of nitrogens with one attached hydrogen (secondary N) is 1. The molecule has 0 amide bonds. The number of pyridine rings is 1. The molecule has 38 heavy (non-hydrogen) atoms. The second-order valence-corrected chi connectivity index (χ2v) is 10.6. The number of aliphatic hydroxyl groups is 1. The lowest BCUT2D eigenvalue weighted by atomic mass is 9.63. The Kier molecular flexibility index (Phi) is 5.95. The average molecular weight is 527 g/mol. The van der Waals surface area contributed by atoms with Gasteiger partial charge in [-0.15, -0.1) is 10.2 Å². The molecule has 6 rings (SSSR count). The molecule has 2 fully saturated rings. The van der Waals surface area contributed by atoms with Gasteiger partial charge in [0.1, 0.15) is 17.7 Å². The molecule has 11 heteroatoms. The van der Waals surface area contributed by atoms with E-state index in [2.05, 4.69) is 15.2 Å². The zero-order valence-electron chi connectivity index (χ0n) is 21.0. The van der Waals surface area contributed by atoms with E-state index < -0.39 is 23.4 Å². The molecule has 1 aliphatic carbocycles. The van der Waals surface area contributed by atoms with Crippen molar-refractivity contribution in [2.75, 3.05) is 13.1 Å². The van der Waals surface area contributed by atoms with E-state index in [9.17, 15) is 23.1 Å². The van der Waals surface area contributed by atoms with E-state index in [-0.39, 0.29) is 16.3 Å². The topological polar surface area (TPSA) is 92.0 Å². The average Bonchev–Trinajstić information content (AvgIpc) is 3.45. The number of rotatable bonds is 5. The third kappa shape index (κ3) is 4.14. The van der Waals surface area contributed by atoms with Crippen LogP contribution in [0.3, 0.4) is 0 Å². The lowest BCUT2D eigenvalue weighted by Gasteiger charge is -2.41. The number of halogens is 3. The second-order valence-electron chi connectivity index (χ2n) is 10.6. The molecule has 2 N–H and O–H groups in total. The van der Waals surface area contributed by atoms with Crippen molar-refractivity contribution in [2.45, 2.75) is 56.3 Å². The number of aromatic nitrogens is 5. The third-order valence-corrected chi connectivity index (χ3v) is 8.06. The minimum atomic E-state index is -4.65. The van der Waals surface area contributed by atoms with E-state index >= 15 is 0 Å². The molecule has 3 aromatic heterocycles. The molecule has 1 saturated carbocycles. The number of hydrogen-bond acceptors (Lipinski definition) is 5. The number of likely N-dealkylation sites (tertiary alicyclic amines) is 1. The van der Waals surface area contributed by atoms with Crippen molar-refractivity contribution in [1.82, 2.24) is 29.2 Å². The summed E-state index contributed by atoms with van der Waals surface area (Å²) in [5, 5.41) is 18.2. The van der Waals surface area contributed by atoms with Crippen LogP contribution < -0.4 is 5.56 Å². The summed E-state index contributed by atoms with van der Waals surface area (Å²) in [6, 6.07) is 8.57. The van der Waals surface area contributed by atoms with Crippen LogP contribution in [0.2, 0.25) is 0 Å². The fourth-order valence-corrected chi connectivity index (χ4v) is 6.03. The van der Waals surface area contributed by atoms with Crippen molar-refractivity contribution in [1.29, 1.82) is 0 Å². The van der Waals surface area contributed by atoms with Gasteiger partial charge in [0.15, 0.2) is 0 Å². The number of H-pyrrole nitrogens is 1. The number of β-amino-alcohol motifs (C(OH)–C–C–N with tert-alkyl or cyclic N) is 1. The molecule has 4 heterocycles. The van der Waals surface area contributed by atoms with Gasteiger partial charge < -0.3 is 14.7 Å². The molecule has 4 aromatic rings. The highest BCUT2D eigenvalue weighted by molar-refractivity contribution is 5.84. The molecule has 1 saturated heterocycles. The van der Waals surface area contributed by atoms with Gasteiger partial charge in [0, 0.05) is 43.1 Å². The molecule has 1 atom stereocenters. The SMILES string of the molecule is Cn1cnnc1C1(c2cccc(-n3cc(C(F)(F)F)c4cc(CN5CCC[C@H](O)C5)[nH]c4c3=O)c2)CCC1. The Morgan fingerprint density at radius 3 is 2.68 bits per heavy atom. The summed E-state index contributed by atoms with van der Waals surface area (Å²) in [6.45, 7) is 1.52. The maximum atomic E-state index is 14.2. The molecule has 1 aliphatic heterocycles. The summed E-state index contributed by atoms with van der Waals surface area (Å²) in [6.07, 6.45) is 1.65. The highest BCUT2D eigenvalue weighted by atomic mass is 19.4. The molecule has 0 bridgehead atoms. The van der Waals surface area contributed by atoms with Crippen LogP contribution >= 0.6 is 0 Å². The molecule has 1 aromatic carbocycles. The molecule has 8 nitrogen and oxygen atoms in total. The Balaban J connectivity index is 1.45. The summed E-state index contributed by atoms with van der Waals surface area (Å²) < 4.78 is 45.7. The quantitative estimate of drug-likeness (QED) is 0.412. The molecule has 0 radical (unpaired) electrons. The number of aryl methyl sites for hydroxylation is 1. The summed E-state index contributed by atoms with van der Waals surface area (Å²) in [4.78, 5) is 18.5. The van der Waals surface area contributed by atoms with Gasteiger partial charge in [0.2, 0.25) is 0 Å². The van der Waals surface area contributed by atoms with Gasteiger partial charge in [-0.3, -0.25) is 14.3 Å². The van der Waals surface area contributed by atoms with Crippen LogP contribution in [0.25, 0.3) is 16.6 Å². The zero-order valence-corrected chi connectivity index (χ0v) is 21.0. The summed E-state index contributed by atoms with van der Waals surface area (Å²) in [5.41, 5.74) is -0.108. The van der Waals surface area contributed by atoms with Gasteiger partial charge in [0.25, 0.3) is 5.56 Å². The van der Waals surface area contributed by atoms with Crippen molar-refractivity contribution >= 4 is 10.9 Å². The Labute approximate surface area is 216 Å². The van der Waals surface area contributed by atoms with Crippen LogP contribution in [0.5, 0.6) is 0 Å². The van der Waals surface area contributed by atoms with E-state index in [1.54, 1.807) is 24.5 Å². The molecule has 0 unspecified atom stereocenters. The molecule has 0 spiro atoms. The zero-order chi connectivity index (χ0) is 26.7. The Morgan fingerprint density at radius 1 is 1.21 bits per heavy atom. The number of aliphatic hydroxyl groups excluding tert-OH is 1. The molecule has 2 aliphatic rings. The number of fused-ring (bicyclic) bond motifs is 1. The first kappa shape index (κ1) is 24.9. The van der Waals surface area contributed by atoms with E-state index in [4.69, 9.17) is 0 Å². The standard InChI is InChI=1S/C27H29F3N6O2/c1-34-16-31-33-25(34)26(8-4-9-26)17-5-2-6-19(11-17)36-15-22(27(28,29)30)21-12-18(32-23(21)24(36)38)13-35-10-3-7-20(37)14-35/h2,5-6,11-12,15-16,20,32,37H,3-4,7-10,13-14H2,1H3/t20-/m0/s1. The van der Waals surface area contributed by atoms with Crippen molar-refractivity contribution in [3.8, 4) is 5.69 Å². The highest BCUT2D eigenvalue weighted by Crippen LogP contribution is 2.48. The van der Waals surface area contributed by atoms with Crippen LogP contribution in [-0.2, 0) is 25.2 Å². The van der Waals surface area contributed by atoms with Crippen LogP contribution in [0, 0.1) is 0 Å². The van der Waals surface area contributed by atoms with Crippen LogP contribution in [-0.4, -0.2) is 53.5 Å². The van der Waals surface area contributed by atoms with Crippen molar-refractivity contribution in [2.24, 2.45) is 7.05 Å². The highest BCUT2D eigenvalue weighted by Gasteiger charge is 2.44. The van der Waals surface area contributed by atoms with Gasteiger partial charge >= 0.3 is 6.18 Å². The number of aromatic amines is 1. The van der Waals surface area contributed by atoms with Gasteiger partial charge in [-0.2, -0.15) is 13.2 Å². The Bertz CT molecular complexity index is 1550. The number of nitrogens with zero attached hydrogens (tertiary/aromatic N) is 5. The predicted molar refractivity (Wildman–Crippen MR) is 135 cm³/mol. The number of piperidine rings is 1. The van der Waals surface area contributed by atoms with Crippen molar-refractivity contribution in [3.05, 3.63) is 75.9 Å². The maximum absolute atomic E-state index is 14.2. The number of hydrogen-bond donors (Lipinski definition) is 2. The molecule has 200 valence electrons. The van der Waals surface area contributed by atoms with Crippen molar-refractivity contribution in [3.63, 3.8) is 0 Å². The number of alkyl halides is 3. The van der Waals surface area contributed by atoms with Crippen LogP contribution in [0.15, 0.2) is 47.7 Å². The van der Waals surface area contributed by atoms with Crippen LogP contribution in [0.4, 0.5) is 13.2 Å². The van der Waals surface area contributed by atoms with Crippen LogP contribution in [0.1, 0.15) is 54.7 Å². The van der Waals surface area contributed by atoms with E-state index in [1.807, 2.05) is 22.6 Å².